The summed E-state index contributed by atoms with van der Waals surface area (Å²) >= 11 is 5.80. The van der Waals surface area contributed by atoms with Gasteiger partial charge in [-0.1, -0.05) is 63.6 Å². The molecule has 0 aliphatic heterocycles. The minimum atomic E-state index is -0.414. The first kappa shape index (κ1) is 18.2. The fraction of sp³-hybridized carbons (Fsp3) is 0.235. The number of hydrogen-bond donors (Lipinski definition) is 1. The second-order valence-corrected chi connectivity index (χ2v) is 3.88. The Morgan fingerprint density at radius 1 is 0.800 bits per heavy atom. The Balaban J connectivity index is 0.000000829. The van der Waals surface area contributed by atoms with Crippen molar-refractivity contribution in [2.75, 3.05) is 0 Å². The van der Waals surface area contributed by atoms with Crippen LogP contribution in [-0.2, 0) is 0 Å². The third-order valence-electron chi connectivity index (χ3n) is 2.35. The van der Waals surface area contributed by atoms with Crippen molar-refractivity contribution in [3.8, 4) is 11.1 Å². The second kappa shape index (κ2) is 10.0. The number of hydrogen-bond acceptors (Lipinski definition) is 1. The molecule has 0 heterocycles. The summed E-state index contributed by atoms with van der Waals surface area (Å²) in [5, 5.41) is 0.706. The predicted octanol–water partition coefficient (Wildman–Crippen LogP) is 5.16. The van der Waals surface area contributed by atoms with Crippen molar-refractivity contribution in [1.29, 1.82) is 0 Å². The molecule has 2 nitrogen and oxygen atoms in total. The Morgan fingerprint density at radius 2 is 1.15 bits per heavy atom. The first-order valence-electron chi connectivity index (χ1n) is 6.82. The summed E-state index contributed by atoms with van der Waals surface area (Å²) in [7, 11) is 0. The van der Waals surface area contributed by atoms with Crippen LogP contribution < -0.4 is 5.73 Å². The smallest absolute Gasteiger partial charge is 0.248 e. The van der Waals surface area contributed by atoms with E-state index in [-0.39, 0.29) is 0 Å². The van der Waals surface area contributed by atoms with E-state index in [4.69, 9.17) is 17.3 Å². The van der Waals surface area contributed by atoms with Crippen LogP contribution in [-0.4, -0.2) is 5.91 Å². The molecule has 0 atom stereocenters. The van der Waals surface area contributed by atoms with Crippen LogP contribution in [0.2, 0.25) is 5.02 Å². The van der Waals surface area contributed by atoms with Gasteiger partial charge in [0.15, 0.2) is 0 Å². The molecule has 0 aliphatic carbocycles. The molecule has 0 aromatic heterocycles. The molecule has 3 heteroatoms. The number of carbonyl (C=O) groups excluding carboxylic acids is 1. The first-order valence-corrected chi connectivity index (χ1v) is 7.20. The zero-order chi connectivity index (χ0) is 15.5. The molecule has 108 valence electrons. The largest absolute Gasteiger partial charge is 0.366 e. The van der Waals surface area contributed by atoms with Gasteiger partial charge in [-0.2, -0.15) is 0 Å². The van der Waals surface area contributed by atoms with Gasteiger partial charge in [0.25, 0.3) is 0 Å². The molecule has 0 bridgehead atoms. The molecule has 0 radical (unpaired) electrons. The Morgan fingerprint density at radius 3 is 1.50 bits per heavy atom. The molecule has 2 rings (SSSR count). The quantitative estimate of drug-likeness (QED) is 0.816. The highest BCUT2D eigenvalue weighted by atomic mass is 35.5. The van der Waals surface area contributed by atoms with Crippen molar-refractivity contribution in [1.82, 2.24) is 0 Å². The van der Waals surface area contributed by atoms with Crippen LogP contribution in [0.25, 0.3) is 11.1 Å². The van der Waals surface area contributed by atoms with Crippen molar-refractivity contribution in [2.24, 2.45) is 5.73 Å². The molecular formula is C17H22ClNO. The Labute approximate surface area is 126 Å². The SMILES string of the molecule is CC.CC.NC(=O)c1ccc(-c2ccc(Cl)cc2)cc1. The van der Waals surface area contributed by atoms with Crippen molar-refractivity contribution in [2.45, 2.75) is 27.7 Å². The number of halogens is 1. The standard InChI is InChI=1S/C13H10ClNO.2C2H6/c14-12-7-5-10(6-8-12)9-1-3-11(4-2-9)13(15)16;2*1-2/h1-8H,(H2,15,16);2*1-2H3. The lowest BCUT2D eigenvalue weighted by atomic mass is 10.0. The summed E-state index contributed by atoms with van der Waals surface area (Å²) in [6.45, 7) is 8.00. The summed E-state index contributed by atoms with van der Waals surface area (Å²) < 4.78 is 0. The van der Waals surface area contributed by atoms with Gasteiger partial charge in [0, 0.05) is 10.6 Å². The predicted molar refractivity (Wildman–Crippen MR) is 88.1 cm³/mol. The monoisotopic (exact) mass is 291 g/mol. The van der Waals surface area contributed by atoms with Gasteiger partial charge in [-0.25, -0.2) is 0 Å². The number of carbonyl (C=O) groups is 1. The zero-order valence-corrected chi connectivity index (χ0v) is 13.2. The van der Waals surface area contributed by atoms with Crippen molar-refractivity contribution in [3.63, 3.8) is 0 Å². The third kappa shape index (κ3) is 5.45. The van der Waals surface area contributed by atoms with Crippen LogP contribution in [0, 0.1) is 0 Å². The molecule has 2 aromatic carbocycles. The fourth-order valence-electron chi connectivity index (χ4n) is 1.47. The van der Waals surface area contributed by atoms with Crippen LogP contribution in [0.3, 0.4) is 0 Å². The van der Waals surface area contributed by atoms with Crippen LogP contribution in [0.1, 0.15) is 38.1 Å². The molecule has 0 spiro atoms. The summed E-state index contributed by atoms with van der Waals surface area (Å²) in [6.07, 6.45) is 0. The Kier molecular flexibility index (Phi) is 9.14. The van der Waals surface area contributed by atoms with Gasteiger partial charge in [0.05, 0.1) is 0 Å². The average molecular weight is 292 g/mol. The van der Waals surface area contributed by atoms with E-state index in [9.17, 15) is 4.79 Å². The number of benzene rings is 2. The van der Waals surface area contributed by atoms with Gasteiger partial charge >= 0.3 is 0 Å². The van der Waals surface area contributed by atoms with Crippen LogP contribution in [0.15, 0.2) is 48.5 Å². The van der Waals surface area contributed by atoms with Gasteiger partial charge < -0.3 is 5.73 Å². The maximum Gasteiger partial charge on any atom is 0.248 e. The van der Waals surface area contributed by atoms with E-state index in [1.54, 1.807) is 12.1 Å². The van der Waals surface area contributed by atoms with E-state index >= 15 is 0 Å². The maximum absolute atomic E-state index is 10.9. The summed E-state index contributed by atoms with van der Waals surface area (Å²) in [5.41, 5.74) is 7.76. The van der Waals surface area contributed by atoms with E-state index in [0.717, 1.165) is 11.1 Å². The lowest BCUT2D eigenvalue weighted by Crippen LogP contribution is -2.10. The van der Waals surface area contributed by atoms with Gasteiger partial charge in [-0.05, 0) is 35.4 Å². The summed E-state index contributed by atoms with van der Waals surface area (Å²) in [6, 6.07) is 14.7. The second-order valence-electron chi connectivity index (χ2n) is 3.45. The van der Waals surface area contributed by atoms with E-state index < -0.39 is 5.91 Å². The van der Waals surface area contributed by atoms with E-state index in [0.29, 0.717) is 10.6 Å². The number of nitrogens with two attached hydrogens (primary N) is 1. The lowest BCUT2D eigenvalue weighted by Gasteiger charge is -2.02. The zero-order valence-electron chi connectivity index (χ0n) is 12.5. The van der Waals surface area contributed by atoms with Gasteiger partial charge in [0.2, 0.25) is 5.91 Å². The normalized spacial score (nSPS) is 8.65. The number of primary amides is 1. The van der Waals surface area contributed by atoms with E-state index in [2.05, 4.69) is 0 Å². The molecule has 2 N–H and O–H groups in total. The van der Waals surface area contributed by atoms with Gasteiger partial charge in [-0.3, -0.25) is 4.79 Å². The van der Waals surface area contributed by atoms with Crippen LogP contribution >= 0.6 is 11.6 Å². The third-order valence-corrected chi connectivity index (χ3v) is 2.60. The Bertz CT molecular complexity index is 504. The molecule has 1 amide bonds. The average Bonchev–Trinajstić information content (AvgIpc) is 2.52. The molecule has 0 unspecified atom stereocenters. The Hall–Kier alpha value is -1.80. The number of amides is 1. The minimum Gasteiger partial charge on any atom is -0.366 e. The van der Waals surface area contributed by atoms with Crippen LogP contribution in [0.5, 0.6) is 0 Å². The molecule has 0 saturated carbocycles. The van der Waals surface area contributed by atoms with E-state index in [1.165, 1.54) is 0 Å². The minimum absolute atomic E-state index is 0.414. The molecule has 20 heavy (non-hydrogen) atoms. The maximum atomic E-state index is 10.9. The highest BCUT2D eigenvalue weighted by Crippen LogP contribution is 2.21. The van der Waals surface area contributed by atoms with Crippen molar-refractivity contribution in [3.05, 3.63) is 59.1 Å². The van der Waals surface area contributed by atoms with E-state index in [1.807, 2.05) is 64.1 Å². The highest BCUT2D eigenvalue weighted by Gasteiger charge is 2.01. The number of rotatable bonds is 2. The topological polar surface area (TPSA) is 43.1 Å². The fourth-order valence-corrected chi connectivity index (χ4v) is 1.60. The summed E-state index contributed by atoms with van der Waals surface area (Å²) in [4.78, 5) is 10.9. The first-order chi connectivity index (χ1) is 9.66. The lowest BCUT2D eigenvalue weighted by molar-refractivity contribution is 0.100. The molecule has 0 fully saturated rings. The van der Waals surface area contributed by atoms with Gasteiger partial charge in [0.1, 0.15) is 0 Å². The van der Waals surface area contributed by atoms with Gasteiger partial charge in [-0.15, -0.1) is 0 Å². The molecule has 0 saturated heterocycles. The summed E-state index contributed by atoms with van der Waals surface area (Å²) in [5.74, 6) is -0.414. The van der Waals surface area contributed by atoms with Crippen LogP contribution in [0.4, 0.5) is 0 Å². The molecule has 0 aliphatic rings. The molecule has 2 aromatic rings. The molecular weight excluding hydrogens is 270 g/mol. The highest BCUT2D eigenvalue weighted by molar-refractivity contribution is 6.30. The van der Waals surface area contributed by atoms with Crippen molar-refractivity contribution < 1.29 is 4.79 Å². The van der Waals surface area contributed by atoms with Crippen molar-refractivity contribution >= 4 is 17.5 Å².